The minimum absolute atomic E-state index is 0.385. The van der Waals surface area contributed by atoms with Gasteiger partial charge in [-0.3, -0.25) is 0 Å². The molecular weight excluding hydrogens is 382 g/mol. The summed E-state index contributed by atoms with van der Waals surface area (Å²) in [5, 5.41) is 18.0. The normalized spacial score (nSPS) is 15.6. The van der Waals surface area contributed by atoms with Crippen molar-refractivity contribution in [3.8, 4) is 0 Å². The van der Waals surface area contributed by atoms with Gasteiger partial charge in [-0.1, -0.05) is 11.3 Å². The Bertz CT molecular complexity index is 1100. The lowest BCUT2D eigenvalue weighted by molar-refractivity contribution is 0.0903. The van der Waals surface area contributed by atoms with Gasteiger partial charge in [0.1, 0.15) is 5.82 Å². The van der Waals surface area contributed by atoms with Gasteiger partial charge in [0.05, 0.1) is 10.2 Å². The van der Waals surface area contributed by atoms with Crippen LogP contribution in [0.4, 0.5) is 10.9 Å². The molecule has 0 bridgehead atoms. The first-order valence-electron chi connectivity index (χ1n) is 8.65. The van der Waals surface area contributed by atoms with Crippen molar-refractivity contribution in [3.05, 3.63) is 30.3 Å². The lowest BCUT2D eigenvalue weighted by Crippen LogP contribution is -2.28. The molecule has 10 heteroatoms. The number of thiazole rings is 1. The zero-order valence-corrected chi connectivity index (χ0v) is 16.0. The second-order valence-electron chi connectivity index (χ2n) is 6.29. The number of fused-ring (bicyclic) bond motifs is 2. The predicted molar refractivity (Wildman–Crippen MR) is 106 cm³/mol. The Morgan fingerprint density at radius 2 is 2.07 bits per heavy atom. The number of rotatable bonds is 4. The highest BCUT2D eigenvalue weighted by atomic mass is 32.2. The molecule has 0 atom stereocenters. The average Bonchev–Trinajstić information content (AvgIpc) is 3.25. The van der Waals surface area contributed by atoms with Gasteiger partial charge in [0, 0.05) is 24.2 Å². The number of benzene rings is 1. The molecule has 0 amide bonds. The molecule has 1 saturated heterocycles. The summed E-state index contributed by atoms with van der Waals surface area (Å²) >= 11 is 3.00. The number of hydrogen-bond donors (Lipinski definition) is 2. The third-order valence-electron chi connectivity index (χ3n) is 4.39. The van der Waals surface area contributed by atoms with Gasteiger partial charge >= 0.3 is 0 Å². The standard InChI is InChI=1S/C17H17N7OS2/c18-16-20-12-2-1-11(9-13(12)27-16)26-17-22-21-15-4-3-14(23-24(15)17)19-10-5-7-25-8-6-10/h1-4,9-10H,5-8H2,(H2,18,20)(H,19,23). The van der Waals surface area contributed by atoms with E-state index in [0.717, 1.165) is 57.8 Å². The first-order valence-corrected chi connectivity index (χ1v) is 10.3. The Morgan fingerprint density at radius 3 is 2.96 bits per heavy atom. The van der Waals surface area contributed by atoms with Crippen molar-refractivity contribution < 1.29 is 4.74 Å². The van der Waals surface area contributed by atoms with Crippen LogP contribution in [0, 0.1) is 0 Å². The Kier molecular flexibility index (Phi) is 4.30. The third-order valence-corrected chi connectivity index (χ3v) is 6.17. The molecule has 1 fully saturated rings. The molecular formula is C17H17N7OS2. The van der Waals surface area contributed by atoms with E-state index in [2.05, 4.69) is 31.7 Å². The van der Waals surface area contributed by atoms with Gasteiger partial charge in [0.2, 0.25) is 5.16 Å². The Hall–Kier alpha value is -2.43. The molecule has 1 aliphatic rings. The fraction of sp³-hybridized carbons (Fsp3) is 0.294. The molecule has 0 unspecified atom stereocenters. The van der Waals surface area contributed by atoms with Crippen molar-refractivity contribution in [1.29, 1.82) is 0 Å². The summed E-state index contributed by atoms with van der Waals surface area (Å²) in [7, 11) is 0. The second-order valence-corrected chi connectivity index (χ2v) is 8.39. The largest absolute Gasteiger partial charge is 0.381 e. The number of aromatic nitrogens is 5. The van der Waals surface area contributed by atoms with Gasteiger partial charge in [-0.05, 0) is 54.9 Å². The third kappa shape index (κ3) is 3.43. The summed E-state index contributed by atoms with van der Waals surface area (Å²) in [5.41, 5.74) is 7.43. The number of nitrogens with two attached hydrogens (primary N) is 1. The van der Waals surface area contributed by atoms with E-state index < -0.39 is 0 Å². The Balaban J connectivity index is 1.42. The maximum Gasteiger partial charge on any atom is 0.217 e. The zero-order chi connectivity index (χ0) is 18.2. The van der Waals surface area contributed by atoms with E-state index in [0.29, 0.717) is 11.2 Å². The van der Waals surface area contributed by atoms with Crippen molar-refractivity contribution >= 4 is 49.9 Å². The van der Waals surface area contributed by atoms with Crippen LogP contribution in [0.5, 0.6) is 0 Å². The number of hydrogen-bond acceptors (Lipinski definition) is 9. The number of nitrogen functional groups attached to an aromatic ring is 1. The second kappa shape index (κ2) is 6.95. The fourth-order valence-corrected chi connectivity index (χ4v) is 4.73. The van der Waals surface area contributed by atoms with Gasteiger partial charge in [-0.15, -0.1) is 15.3 Å². The first kappa shape index (κ1) is 16.7. The van der Waals surface area contributed by atoms with Crippen LogP contribution < -0.4 is 11.1 Å². The lowest BCUT2D eigenvalue weighted by atomic mass is 10.1. The molecule has 3 N–H and O–H groups in total. The summed E-state index contributed by atoms with van der Waals surface area (Å²) < 4.78 is 8.24. The highest BCUT2D eigenvalue weighted by Crippen LogP contribution is 2.32. The van der Waals surface area contributed by atoms with Gasteiger partial charge in [0.25, 0.3) is 0 Å². The van der Waals surface area contributed by atoms with Crippen LogP contribution in [0.15, 0.2) is 40.4 Å². The van der Waals surface area contributed by atoms with E-state index >= 15 is 0 Å². The fourth-order valence-electron chi connectivity index (χ4n) is 3.05. The number of ether oxygens (including phenoxy) is 1. The van der Waals surface area contributed by atoms with Crippen molar-refractivity contribution in [3.63, 3.8) is 0 Å². The smallest absolute Gasteiger partial charge is 0.217 e. The van der Waals surface area contributed by atoms with Gasteiger partial charge < -0.3 is 15.8 Å². The van der Waals surface area contributed by atoms with Crippen molar-refractivity contribution in [2.45, 2.75) is 28.9 Å². The average molecular weight is 400 g/mol. The van der Waals surface area contributed by atoms with Crippen LogP contribution in [0.2, 0.25) is 0 Å². The van der Waals surface area contributed by atoms with Crippen molar-refractivity contribution in [2.24, 2.45) is 0 Å². The molecule has 0 aliphatic carbocycles. The van der Waals surface area contributed by atoms with Crippen LogP contribution in [-0.2, 0) is 4.74 Å². The zero-order valence-electron chi connectivity index (χ0n) is 14.3. The molecule has 5 rings (SSSR count). The lowest BCUT2D eigenvalue weighted by Gasteiger charge is -2.23. The van der Waals surface area contributed by atoms with Crippen LogP contribution in [0.3, 0.4) is 0 Å². The summed E-state index contributed by atoms with van der Waals surface area (Å²) in [4.78, 5) is 5.34. The van der Waals surface area contributed by atoms with Gasteiger partial charge in [-0.2, -0.15) is 4.52 Å². The van der Waals surface area contributed by atoms with E-state index in [9.17, 15) is 0 Å². The molecule has 0 spiro atoms. The summed E-state index contributed by atoms with van der Waals surface area (Å²) in [5.74, 6) is 0.821. The van der Waals surface area contributed by atoms with Gasteiger partial charge in [-0.25, -0.2) is 4.98 Å². The minimum atomic E-state index is 0.385. The molecule has 4 aromatic rings. The molecule has 1 aromatic carbocycles. The van der Waals surface area contributed by atoms with E-state index in [1.165, 1.54) is 23.1 Å². The predicted octanol–water partition coefficient (Wildman–Crippen LogP) is 3.06. The molecule has 1 aliphatic heterocycles. The number of nitrogens with one attached hydrogen (secondary N) is 1. The van der Waals surface area contributed by atoms with Crippen molar-refractivity contribution in [1.82, 2.24) is 24.8 Å². The molecule has 8 nitrogen and oxygen atoms in total. The highest BCUT2D eigenvalue weighted by molar-refractivity contribution is 7.99. The Morgan fingerprint density at radius 1 is 1.19 bits per heavy atom. The van der Waals surface area contributed by atoms with E-state index in [1.807, 2.05) is 24.3 Å². The SMILES string of the molecule is Nc1nc2ccc(Sc3nnc4ccc(NC5CCOCC5)nn34)cc2s1. The van der Waals surface area contributed by atoms with Crippen LogP contribution in [0.25, 0.3) is 15.9 Å². The molecule has 0 saturated carbocycles. The summed E-state index contributed by atoms with van der Waals surface area (Å²) in [6.07, 6.45) is 1.98. The summed E-state index contributed by atoms with van der Waals surface area (Å²) in [6, 6.07) is 10.3. The first-order chi connectivity index (χ1) is 13.2. The molecule has 27 heavy (non-hydrogen) atoms. The minimum Gasteiger partial charge on any atom is -0.381 e. The molecule has 3 aromatic heterocycles. The van der Waals surface area contributed by atoms with Crippen LogP contribution >= 0.6 is 23.1 Å². The maximum atomic E-state index is 5.79. The topological polar surface area (TPSA) is 103 Å². The number of anilines is 2. The van der Waals surface area contributed by atoms with Crippen LogP contribution in [-0.4, -0.2) is 44.1 Å². The van der Waals surface area contributed by atoms with Crippen molar-refractivity contribution in [2.75, 3.05) is 24.3 Å². The van der Waals surface area contributed by atoms with E-state index in [1.54, 1.807) is 4.52 Å². The maximum absolute atomic E-state index is 5.79. The van der Waals surface area contributed by atoms with Crippen LogP contribution in [0.1, 0.15) is 12.8 Å². The van der Waals surface area contributed by atoms with Gasteiger partial charge in [0.15, 0.2) is 10.8 Å². The monoisotopic (exact) mass is 399 g/mol. The Labute approximate surface area is 163 Å². The quantitative estimate of drug-likeness (QED) is 0.540. The van der Waals surface area contributed by atoms with E-state index in [-0.39, 0.29) is 0 Å². The molecule has 0 radical (unpaired) electrons. The highest BCUT2D eigenvalue weighted by Gasteiger charge is 2.15. The van der Waals surface area contributed by atoms with E-state index in [4.69, 9.17) is 10.5 Å². The summed E-state index contributed by atoms with van der Waals surface area (Å²) in [6.45, 7) is 1.58. The molecule has 138 valence electrons. The molecule has 4 heterocycles. The number of nitrogens with zero attached hydrogens (tertiary/aromatic N) is 5.